The van der Waals surface area contributed by atoms with Gasteiger partial charge in [-0.05, 0) is 31.0 Å². The van der Waals surface area contributed by atoms with Crippen molar-refractivity contribution in [2.45, 2.75) is 26.3 Å². The van der Waals surface area contributed by atoms with Crippen molar-refractivity contribution in [3.05, 3.63) is 61.9 Å². The summed E-state index contributed by atoms with van der Waals surface area (Å²) in [5, 5.41) is 5.39. The van der Waals surface area contributed by atoms with Gasteiger partial charge in [0.1, 0.15) is 11.9 Å². The second-order valence-corrected chi connectivity index (χ2v) is 10.4. The zero-order chi connectivity index (χ0) is 23.3. The van der Waals surface area contributed by atoms with Crippen LogP contribution in [0.25, 0.3) is 0 Å². The summed E-state index contributed by atoms with van der Waals surface area (Å²) in [5.74, 6) is -0.769. The summed E-state index contributed by atoms with van der Waals surface area (Å²) < 4.78 is 46.4. The van der Waals surface area contributed by atoms with Gasteiger partial charge in [-0.15, -0.1) is 11.3 Å². The van der Waals surface area contributed by atoms with Gasteiger partial charge in [0, 0.05) is 21.7 Å². The molecule has 2 N–H and O–H groups in total. The second-order valence-electron chi connectivity index (χ2n) is 6.76. The highest BCUT2D eigenvalue weighted by Crippen LogP contribution is 2.36. The molecule has 0 fully saturated rings. The molecule has 0 saturated carbocycles. The summed E-state index contributed by atoms with van der Waals surface area (Å²) in [4.78, 5) is 21.9. The van der Waals surface area contributed by atoms with Crippen molar-refractivity contribution in [3.63, 3.8) is 0 Å². The summed E-state index contributed by atoms with van der Waals surface area (Å²) in [6, 6.07) is 3.21. The molecule has 0 radical (unpaired) electrons. The van der Waals surface area contributed by atoms with Crippen molar-refractivity contribution < 1.29 is 22.3 Å². The van der Waals surface area contributed by atoms with Crippen LogP contribution in [0.4, 0.5) is 4.39 Å². The molecule has 2 aromatic rings. The number of hydrogen-bond acceptors (Lipinski definition) is 8. The Hall–Kier alpha value is -2.15. The fourth-order valence-electron chi connectivity index (χ4n) is 3.10. The van der Waals surface area contributed by atoms with E-state index in [0.29, 0.717) is 33.0 Å². The molecule has 172 valence electrons. The standard InChI is InChI=1S/C20H22BrFN4O4S2/c1-3-9-32(28,29)24-11-15-16(20(27)30-4-2)17(13-6-5-12(22)10-14(13)21)26-18(25-15)19-23-7-8-31-19/h5-8,10,17,24H,3-4,9,11H2,1-2H3,(H,25,26). The Morgan fingerprint density at radius 3 is 2.78 bits per heavy atom. The average Bonchev–Trinajstić information content (AvgIpc) is 3.27. The predicted molar refractivity (Wildman–Crippen MR) is 124 cm³/mol. The topological polar surface area (TPSA) is 110 Å². The van der Waals surface area contributed by atoms with E-state index in [4.69, 9.17) is 4.74 Å². The number of carbonyl (C=O) groups excluding carboxylic acids is 1. The van der Waals surface area contributed by atoms with Gasteiger partial charge in [-0.25, -0.2) is 27.3 Å². The molecule has 0 spiro atoms. The van der Waals surface area contributed by atoms with Crippen molar-refractivity contribution in [3.8, 4) is 0 Å². The molecule has 1 aromatic carbocycles. The van der Waals surface area contributed by atoms with Crippen LogP contribution in [0.5, 0.6) is 0 Å². The molecule has 0 saturated heterocycles. The summed E-state index contributed by atoms with van der Waals surface area (Å²) in [5.41, 5.74) is 0.960. The molecular weight excluding hydrogens is 523 g/mol. The number of carbonyl (C=O) groups is 1. The highest BCUT2D eigenvalue weighted by Gasteiger charge is 2.34. The van der Waals surface area contributed by atoms with Crippen molar-refractivity contribution in [2.24, 2.45) is 4.99 Å². The molecule has 1 aliphatic heterocycles. The van der Waals surface area contributed by atoms with Gasteiger partial charge < -0.3 is 10.1 Å². The number of ether oxygens (including phenoxy) is 1. The fourth-order valence-corrected chi connectivity index (χ4v) is 5.31. The molecule has 12 heteroatoms. The van der Waals surface area contributed by atoms with E-state index in [1.165, 1.54) is 29.5 Å². The quantitative estimate of drug-likeness (QED) is 0.469. The largest absolute Gasteiger partial charge is 0.463 e. The fraction of sp³-hybridized carbons (Fsp3) is 0.350. The number of hydrogen-bond donors (Lipinski definition) is 2. The van der Waals surface area contributed by atoms with E-state index in [1.54, 1.807) is 25.4 Å². The third-order valence-electron chi connectivity index (χ3n) is 4.46. The molecule has 1 unspecified atom stereocenters. The summed E-state index contributed by atoms with van der Waals surface area (Å²) in [7, 11) is -3.55. The first-order valence-electron chi connectivity index (χ1n) is 9.82. The minimum absolute atomic E-state index is 0.0462. The van der Waals surface area contributed by atoms with Crippen LogP contribution < -0.4 is 10.0 Å². The Balaban J connectivity index is 2.13. The molecule has 2 heterocycles. The van der Waals surface area contributed by atoms with Crippen molar-refractivity contribution in [1.82, 2.24) is 15.0 Å². The highest BCUT2D eigenvalue weighted by atomic mass is 79.9. The minimum Gasteiger partial charge on any atom is -0.463 e. The maximum atomic E-state index is 13.7. The first-order chi connectivity index (χ1) is 15.3. The maximum Gasteiger partial charge on any atom is 0.338 e. The van der Waals surface area contributed by atoms with E-state index >= 15 is 0 Å². The molecule has 32 heavy (non-hydrogen) atoms. The minimum atomic E-state index is -3.55. The van der Waals surface area contributed by atoms with Gasteiger partial charge >= 0.3 is 5.97 Å². The lowest BCUT2D eigenvalue weighted by Gasteiger charge is -2.27. The van der Waals surface area contributed by atoms with Crippen LogP contribution in [-0.4, -0.2) is 44.1 Å². The third-order valence-corrected chi connectivity index (χ3v) is 7.45. The molecule has 0 aliphatic carbocycles. The molecule has 1 aromatic heterocycles. The van der Waals surface area contributed by atoms with Crippen LogP contribution in [0.2, 0.25) is 0 Å². The molecule has 1 atom stereocenters. The molecule has 3 rings (SSSR count). The zero-order valence-corrected chi connectivity index (χ0v) is 20.6. The smallest absolute Gasteiger partial charge is 0.338 e. The maximum absolute atomic E-state index is 13.7. The van der Waals surface area contributed by atoms with Crippen LogP contribution in [0, 0.1) is 5.82 Å². The Morgan fingerprint density at radius 1 is 1.38 bits per heavy atom. The van der Waals surface area contributed by atoms with Crippen LogP contribution in [0.1, 0.15) is 36.9 Å². The predicted octanol–water partition coefficient (Wildman–Crippen LogP) is 3.28. The van der Waals surface area contributed by atoms with Crippen LogP contribution in [-0.2, 0) is 19.6 Å². The summed E-state index contributed by atoms with van der Waals surface area (Å²) in [6.07, 6.45) is 2.06. The Morgan fingerprint density at radius 2 is 2.16 bits per heavy atom. The van der Waals surface area contributed by atoms with Crippen LogP contribution in [0.15, 0.2) is 50.5 Å². The summed E-state index contributed by atoms with van der Waals surface area (Å²) in [6.45, 7) is 3.38. The Kier molecular flexibility index (Phi) is 8.15. The van der Waals surface area contributed by atoms with Gasteiger partial charge in [0.05, 0.1) is 24.5 Å². The number of nitrogens with one attached hydrogen (secondary N) is 2. The van der Waals surface area contributed by atoms with Crippen molar-refractivity contribution in [2.75, 3.05) is 18.9 Å². The van der Waals surface area contributed by atoms with Crippen LogP contribution in [0.3, 0.4) is 0 Å². The average molecular weight is 545 g/mol. The lowest BCUT2D eigenvalue weighted by Crippen LogP contribution is -2.40. The Labute approximate surface area is 198 Å². The number of halogens is 2. The zero-order valence-electron chi connectivity index (χ0n) is 17.4. The number of benzene rings is 1. The first kappa shape index (κ1) is 24.5. The van der Waals surface area contributed by atoms with Gasteiger partial charge in [0.2, 0.25) is 10.0 Å². The molecule has 0 amide bonds. The van der Waals surface area contributed by atoms with E-state index < -0.39 is 27.9 Å². The lowest BCUT2D eigenvalue weighted by atomic mass is 9.95. The number of aliphatic imine (C=N–C) groups is 1. The van der Waals surface area contributed by atoms with Crippen molar-refractivity contribution in [1.29, 1.82) is 0 Å². The Bertz CT molecular complexity index is 1150. The molecule has 0 bridgehead atoms. The van der Waals surface area contributed by atoms with Gasteiger partial charge in [0.25, 0.3) is 0 Å². The monoisotopic (exact) mass is 544 g/mol. The van der Waals surface area contributed by atoms with Crippen LogP contribution >= 0.6 is 27.3 Å². The highest BCUT2D eigenvalue weighted by molar-refractivity contribution is 9.10. The number of nitrogens with zero attached hydrogens (tertiary/aromatic N) is 2. The van der Waals surface area contributed by atoms with Gasteiger partial charge in [0.15, 0.2) is 10.8 Å². The third kappa shape index (κ3) is 5.80. The molecular formula is C20H22BrFN4O4S2. The van der Waals surface area contributed by atoms with Crippen molar-refractivity contribution >= 4 is 49.1 Å². The second kappa shape index (κ2) is 10.6. The first-order valence-corrected chi connectivity index (χ1v) is 13.1. The van der Waals surface area contributed by atoms with E-state index in [0.717, 1.165) is 0 Å². The number of thiazole rings is 1. The van der Waals surface area contributed by atoms with Gasteiger partial charge in [-0.1, -0.05) is 28.9 Å². The molecule has 1 aliphatic rings. The number of sulfonamides is 1. The number of amidine groups is 1. The normalized spacial score (nSPS) is 16.5. The van der Waals surface area contributed by atoms with E-state index in [2.05, 4.69) is 35.9 Å². The van der Waals surface area contributed by atoms with E-state index in [-0.39, 0.29) is 24.5 Å². The number of esters is 1. The van der Waals surface area contributed by atoms with Gasteiger partial charge in [-0.3, -0.25) is 4.99 Å². The number of rotatable bonds is 9. The van der Waals surface area contributed by atoms with E-state index in [1.807, 2.05) is 0 Å². The molecule has 8 nitrogen and oxygen atoms in total. The summed E-state index contributed by atoms with van der Waals surface area (Å²) >= 11 is 4.68. The SMILES string of the molecule is CCCS(=O)(=O)NCC1=C(C(=O)OCC)C(c2ccc(F)cc2Br)N=C(c2nccs2)N1. The number of aromatic nitrogens is 1. The van der Waals surface area contributed by atoms with Gasteiger partial charge in [-0.2, -0.15) is 0 Å². The van der Waals surface area contributed by atoms with E-state index in [9.17, 15) is 17.6 Å². The lowest BCUT2D eigenvalue weighted by molar-refractivity contribution is -0.139.